The molecule has 0 aliphatic rings. The summed E-state index contributed by atoms with van der Waals surface area (Å²) in [5.41, 5.74) is 0.985. The number of hydrogen-bond acceptors (Lipinski definition) is 4. The Labute approximate surface area is 122 Å². The number of aromatic nitrogens is 1. The highest BCUT2D eigenvalue weighted by Gasteiger charge is 2.18. The Morgan fingerprint density at radius 2 is 2.20 bits per heavy atom. The zero-order valence-electron chi connectivity index (χ0n) is 11.2. The zero-order valence-corrected chi connectivity index (χ0v) is 12.0. The fourth-order valence-electron chi connectivity index (χ4n) is 1.82. The molecule has 2 rings (SSSR count). The molecule has 0 radical (unpaired) electrons. The molecule has 5 heteroatoms. The second kappa shape index (κ2) is 6.83. The minimum atomic E-state index is -0.668. The summed E-state index contributed by atoms with van der Waals surface area (Å²) in [4.78, 5) is 17.3. The number of rotatable bonds is 5. The quantitative estimate of drug-likeness (QED) is 0.917. The van der Waals surface area contributed by atoms with Crippen molar-refractivity contribution in [3.63, 3.8) is 0 Å². The van der Waals surface area contributed by atoms with Crippen molar-refractivity contribution >= 4 is 17.2 Å². The van der Waals surface area contributed by atoms with E-state index in [2.05, 4.69) is 16.4 Å². The molecule has 1 unspecified atom stereocenters. The van der Waals surface area contributed by atoms with Crippen LogP contribution in [0.4, 0.5) is 0 Å². The van der Waals surface area contributed by atoms with Crippen molar-refractivity contribution in [2.24, 2.45) is 5.92 Å². The van der Waals surface area contributed by atoms with E-state index in [9.17, 15) is 4.79 Å². The fourth-order valence-corrected chi connectivity index (χ4v) is 2.54. The number of nitrogens with zero attached hydrogens (tertiary/aromatic N) is 2. The average Bonchev–Trinajstić information content (AvgIpc) is 2.89. The normalized spacial score (nSPS) is 11.6. The minimum Gasteiger partial charge on any atom is -0.348 e. The van der Waals surface area contributed by atoms with Gasteiger partial charge < -0.3 is 5.32 Å². The maximum atomic E-state index is 12.0. The van der Waals surface area contributed by atoms with Crippen LogP contribution in [0.25, 0.3) is 0 Å². The third-order valence-electron chi connectivity index (χ3n) is 2.84. The smallest absolute Gasteiger partial charge is 0.238 e. The molecule has 102 valence electrons. The maximum Gasteiger partial charge on any atom is 0.238 e. The van der Waals surface area contributed by atoms with E-state index in [4.69, 9.17) is 5.26 Å². The number of carbonyl (C=O) groups excluding carboxylic acids is 1. The van der Waals surface area contributed by atoms with Crippen molar-refractivity contribution in [3.8, 4) is 6.07 Å². The third kappa shape index (κ3) is 3.90. The second-order valence-corrected chi connectivity index (χ2v) is 5.77. The number of nitrogens with one attached hydrogen (secondary N) is 1. The highest BCUT2D eigenvalue weighted by Crippen LogP contribution is 2.12. The van der Waals surface area contributed by atoms with Gasteiger partial charge >= 0.3 is 0 Å². The van der Waals surface area contributed by atoms with Crippen molar-refractivity contribution in [2.75, 3.05) is 0 Å². The van der Waals surface area contributed by atoms with Crippen molar-refractivity contribution in [1.82, 2.24) is 10.3 Å². The minimum absolute atomic E-state index is 0.246. The SMILES string of the molecule is Cc1cnc(CNC(=O)C(C#N)Cc2ccccc2)s1. The number of amides is 1. The standard InChI is InChI=1S/C15H15N3OS/c1-11-9-17-14(20-11)10-18-15(19)13(8-16)7-12-5-3-2-4-6-12/h2-6,9,13H,7,10H2,1H3,(H,18,19). The van der Waals surface area contributed by atoms with E-state index in [0.717, 1.165) is 15.4 Å². The van der Waals surface area contributed by atoms with Gasteiger partial charge in [0.05, 0.1) is 12.6 Å². The first-order valence-corrected chi connectivity index (χ1v) is 7.13. The summed E-state index contributed by atoms with van der Waals surface area (Å²) >= 11 is 1.54. The molecular weight excluding hydrogens is 270 g/mol. The van der Waals surface area contributed by atoms with E-state index in [1.54, 1.807) is 17.5 Å². The Balaban J connectivity index is 1.91. The average molecular weight is 285 g/mol. The molecule has 2 aromatic rings. The molecule has 1 atom stereocenters. The number of benzene rings is 1. The Bertz CT molecular complexity index is 616. The Hall–Kier alpha value is -2.19. The van der Waals surface area contributed by atoms with Crippen LogP contribution in [-0.4, -0.2) is 10.9 Å². The fraction of sp³-hybridized carbons (Fsp3) is 0.267. The second-order valence-electron chi connectivity index (χ2n) is 4.45. The van der Waals surface area contributed by atoms with Gasteiger partial charge in [0.25, 0.3) is 0 Å². The lowest BCUT2D eigenvalue weighted by Crippen LogP contribution is -2.30. The first kappa shape index (κ1) is 14.2. The van der Waals surface area contributed by atoms with Crippen molar-refractivity contribution in [1.29, 1.82) is 5.26 Å². The van der Waals surface area contributed by atoms with Crippen LogP contribution < -0.4 is 5.32 Å². The molecular formula is C15H15N3OS. The summed E-state index contributed by atoms with van der Waals surface area (Å²) in [6, 6.07) is 11.6. The Kier molecular flexibility index (Phi) is 4.85. The van der Waals surface area contributed by atoms with E-state index < -0.39 is 5.92 Å². The molecule has 0 fully saturated rings. The van der Waals surface area contributed by atoms with Gasteiger partial charge in [0.1, 0.15) is 10.9 Å². The molecule has 1 amide bonds. The van der Waals surface area contributed by atoms with Gasteiger partial charge in [-0.3, -0.25) is 4.79 Å². The van der Waals surface area contributed by atoms with E-state index in [-0.39, 0.29) is 5.91 Å². The highest BCUT2D eigenvalue weighted by molar-refractivity contribution is 7.11. The van der Waals surface area contributed by atoms with Crippen molar-refractivity contribution in [2.45, 2.75) is 19.9 Å². The third-order valence-corrected chi connectivity index (χ3v) is 3.75. The van der Waals surface area contributed by atoms with E-state index in [1.807, 2.05) is 37.3 Å². The van der Waals surface area contributed by atoms with Crippen LogP contribution in [0.1, 0.15) is 15.4 Å². The summed E-state index contributed by atoms with van der Waals surface area (Å²) in [5.74, 6) is -0.914. The maximum absolute atomic E-state index is 12.0. The molecule has 20 heavy (non-hydrogen) atoms. The number of thiazole rings is 1. The predicted octanol–water partition coefficient (Wildman–Crippen LogP) is 2.45. The van der Waals surface area contributed by atoms with Crippen molar-refractivity contribution < 1.29 is 4.79 Å². The largest absolute Gasteiger partial charge is 0.348 e. The lowest BCUT2D eigenvalue weighted by atomic mass is 10.00. The van der Waals surface area contributed by atoms with Gasteiger partial charge in [-0.1, -0.05) is 30.3 Å². The summed E-state index contributed by atoms with van der Waals surface area (Å²) < 4.78 is 0. The predicted molar refractivity (Wildman–Crippen MR) is 77.9 cm³/mol. The van der Waals surface area contributed by atoms with E-state index in [0.29, 0.717) is 13.0 Å². The summed E-state index contributed by atoms with van der Waals surface area (Å²) in [5, 5.41) is 12.8. The first-order valence-electron chi connectivity index (χ1n) is 6.31. The van der Waals surface area contributed by atoms with Gasteiger partial charge in [0.2, 0.25) is 5.91 Å². The highest BCUT2D eigenvalue weighted by atomic mass is 32.1. The number of hydrogen-bond donors (Lipinski definition) is 1. The lowest BCUT2D eigenvalue weighted by molar-refractivity contribution is -0.123. The summed E-state index contributed by atoms with van der Waals surface area (Å²) in [6.07, 6.45) is 2.21. The molecule has 0 saturated carbocycles. The van der Waals surface area contributed by atoms with Gasteiger partial charge in [-0.05, 0) is 18.9 Å². The molecule has 1 heterocycles. The van der Waals surface area contributed by atoms with Crippen molar-refractivity contribution in [3.05, 3.63) is 52.0 Å². The van der Waals surface area contributed by atoms with Gasteiger partial charge in [-0.2, -0.15) is 5.26 Å². The Morgan fingerprint density at radius 3 is 2.80 bits per heavy atom. The topological polar surface area (TPSA) is 65.8 Å². The zero-order chi connectivity index (χ0) is 14.4. The van der Waals surface area contributed by atoms with Crippen LogP contribution in [0.15, 0.2) is 36.5 Å². The molecule has 0 aliphatic heterocycles. The molecule has 0 spiro atoms. The van der Waals surface area contributed by atoms with Crippen LogP contribution in [0.2, 0.25) is 0 Å². The van der Waals surface area contributed by atoms with E-state index in [1.165, 1.54) is 0 Å². The van der Waals surface area contributed by atoms with Crippen LogP contribution in [0.3, 0.4) is 0 Å². The van der Waals surface area contributed by atoms with Crippen LogP contribution >= 0.6 is 11.3 Å². The number of nitriles is 1. The number of aryl methyl sites for hydroxylation is 1. The van der Waals surface area contributed by atoms with Gasteiger partial charge in [0.15, 0.2) is 0 Å². The summed E-state index contributed by atoms with van der Waals surface area (Å²) in [6.45, 7) is 2.35. The first-order chi connectivity index (χ1) is 9.69. The molecule has 0 bridgehead atoms. The molecule has 0 saturated heterocycles. The monoisotopic (exact) mass is 285 g/mol. The molecule has 1 aromatic heterocycles. The lowest BCUT2D eigenvalue weighted by Gasteiger charge is -2.09. The van der Waals surface area contributed by atoms with Gasteiger partial charge in [0, 0.05) is 11.1 Å². The molecule has 4 nitrogen and oxygen atoms in total. The number of carbonyl (C=O) groups is 1. The molecule has 0 aliphatic carbocycles. The van der Waals surface area contributed by atoms with E-state index >= 15 is 0 Å². The van der Waals surface area contributed by atoms with Gasteiger partial charge in [-0.15, -0.1) is 11.3 Å². The van der Waals surface area contributed by atoms with Crippen LogP contribution in [0.5, 0.6) is 0 Å². The summed E-state index contributed by atoms with van der Waals surface area (Å²) in [7, 11) is 0. The molecule has 1 aromatic carbocycles. The van der Waals surface area contributed by atoms with Crippen LogP contribution in [-0.2, 0) is 17.8 Å². The van der Waals surface area contributed by atoms with Crippen LogP contribution in [0, 0.1) is 24.2 Å². The van der Waals surface area contributed by atoms with Gasteiger partial charge in [-0.25, -0.2) is 4.98 Å². The Morgan fingerprint density at radius 1 is 1.45 bits per heavy atom. The molecule has 1 N–H and O–H groups in total.